The number of benzene rings is 1. The molecule has 4 atom stereocenters. The van der Waals surface area contributed by atoms with Gasteiger partial charge in [0.25, 0.3) is 0 Å². The fourth-order valence-electron chi connectivity index (χ4n) is 2.90. The van der Waals surface area contributed by atoms with Gasteiger partial charge in [-0.3, -0.25) is 0 Å². The first kappa shape index (κ1) is 14.5. The molecular weight excluding hydrogens is 238 g/mol. The van der Waals surface area contributed by atoms with E-state index in [-0.39, 0.29) is 12.0 Å². The average Bonchev–Trinajstić information content (AvgIpc) is 2.63. The zero-order chi connectivity index (χ0) is 14.0. The minimum Gasteiger partial charge on any atom is -0.390 e. The van der Waals surface area contributed by atoms with Crippen LogP contribution in [0.2, 0.25) is 0 Å². The Labute approximate surface area is 115 Å². The number of rotatable bonds is 4. The first-order valence-corrected chi connectivity index (χ1v) is 7.15. The van der Waals surface area contributed by atoms with Crippen molar-refractivity contribution in [2.45, 2.75) is 51.4 Å². The second kappa shape index (κ2) is 6.04. The molecule has 0 heterocycles. The SMILES string of the molecule is Cc1cccc([C@H]2C[C@@H](O)[C@@H](O)[C@@H]2NCC(C)C)c1. The molecule has 2 rings (SSSR count). The van der Waals surface area contributed by atoms with E-state index in [9.17, 15) is 10.2 Å². The van der Waals surface area contributed by atoms with Gasteiger partial charge >= 0.3 is 0 Å². The van der Waals surface area contributed by atoms with Gasteiger partial charge in [-0.2, -0.15) is 0 Å². The summed E-state index contributed by atoms with van der Waals surface area (Å²) in [5.41, 5.74) is 2.42. The summed E-state index contributed by atoms with van der Waals surface area (Å²) in [5.74, 6) is 0.715. The average molecular weight is 263 g/mol. The molecule has 0 unspecified atom stereocenters. The van der Waals surface area contributed by atoms with Crippen LogP contribution in [0.25, 0.3) is 0 Å². The van der Waals surface area contributed by atoms with Crippen molar-refractivity contribution < 1.29 is 10.2 Å². The Balaban J connectivity index is 2.17. The highest BCUT2D eigenvalue weighted by Crippen LogP contribution is 2.35. The molecular formula is C16H25NO2. The zero-order valence-corrected chi connectivity index (χ0v) is 12.0. The Morgan fingerprint density at radius 1 is 1.32 bits per heavy atom. The van der Waals surface area contributed by atoms with E-state index >= 15 is 0 Å². The van der Waals surface area contributed by atoms with E-state index in [1.165, 1.54) is 11.1 Å². The van der Waals surface area contributed by atoms with Crippen LogP contribution in [0.4, 0.5) is 0 Å². The lowest BCUT2D eigenvalue weighted by Crippen LogP contribution is -2.43. The van der Waals surface area contributed by atoms with Crippen LogP contribution in [0.5, 0.6) is 0 Å². The Morgan fingerprint density at radius 3 is 2.68 bits per heavy atom. The minimum absolute atomic E-state index is 0.0563. The molecule has 1 aliphatic rings. The summed E-state index contributed by atoms with van der Waals surface area (Å²) in [7, 11) is 0. The summed E-state index contributed by atoms with van der Waals surface area (Å²) in [6.45, 7) is 7.22. The summed E-state index contributed by atoms with van der Waals surface area (Å²) >= 11 is 0. The van der Waals surface area contributed by atoms with Gasteiger partial charge in [-0.25, -0.2) is 0 Å². The fourth-order valence-corrected chi connectivity index (χ4v) is 2.90. The van der Waals surface area contributed by atoms with Crippen molar-refractivity contribution in [3.63, 3.8) is 0 Å². The summed E-state index contributed by atoms with van der Waals surface area (Å²) in [6.07, 6.45) is -0.681. The van der Waals surface area contributed by atoms with Gasteiger partial charge in [-0.15, -0.1) is 0 Å². The van der Waals surface area contributed by atoms with E-state index in [2.05, 4.69) is 44.3 Å². The number of aliphatic hydroxyl groups is 2. The van der Waals surface area contributed by atoms with Crippen LogP contribution in [0.15, 0.2) is 24.3 Å². The maximum Gasteiger partial charge on any atom is 0.0957 e. The molecule has 19 heavy (non-hydrogen) atoms. The smallest absolute Gasteiger partial charge is 0.0957 e. The van der Waals surface area contributed by atoms with Crippen LogP contribution in [0.1, 0.15) is 37.3 Å². The third kappa shape index (κ3) is 3.35. The van der Waals surface area contributed by atoms with Gasteiger partial charge < -0.3 is 15.5 Å². The van der Waals surface area contributed by atoms with Gasteiger partial charge in [0.05, 0.1) is 12.2 Å². The first-order chi connectivity index (χ1) is 8.99. The molecule has 1 saturated carbocycles. The highest BCUT2D eigenvalue weighted by Gasteiger charge is 2.41. The Morgan fingerprint density at radius 2 is 2.05 bits per heavy atom. The van der Waals surface area contributed by atoms with Gasteiger partial charge in [-0.05, 0) is 31.4 Å². The van der Waals surface area contributed by atoms with Crippen molar-refractivity contribution in [3.8, 4) is 0 Å². The molecule has 0 radical (unpaired) electrons. The summed E-state index contributed by atoms with van der Waals surface area (Å²) in [5, 5.41) is 23.5. The molecule has 0 aliphatic heterocycles. The summed E-state index contributed by atoms with van der Waals surface area (Å²) in [6, 6.07) is 8.30. The molecule has 1 aliphatic carbocycles. The van der Waals surface area contributed by atoms with Gasteiger partial charge in [-0.1, -0.05) is 43.7 Å². The Bertz CT molecular complexity index is 419. The van der Waals surface area contributed by atoms with Crippen molar-refractivity contribution in [1.29, 1.82) is 0 Å². The van der Waals surface area contributed by atoms with Crippen molar-refractivity contribution in [2.75, 3.05) is 6.54 Å². The van der Waals surface area contributed by atoms with Crippen LogP contribution in [0, 0.1) is 12.8 Å². The van der Waals surface area contributed by atoms with Crippen LogP contribution >= 0.6 is 0 Å². The lowest BCUT2D eigenvalue weighted by atomic mass is 9.92. The van der Waals surface area contributed by atoms with Gasteiger partial charge in [0.1, 0.15) is 0 Å². The summed E-state index contributed by atoms with van der Waals surface area (Å²) in [4.78, 5) is 0. The van der Waals surface area contributed by atoms with Crippen LogP contribution in [-0.4, -0.2) is 35.0 Å². The van der Waals surface area contributed by atoms with Crippen molar-refractivity contribution >= 4 is 0 Å². The number of nitrogens with one attached hydrogen (secondary N) is 1. The van der Waals surface area contributed by atoms with E-state index in [0.29, 0.717) is 12.3 Å². The Hall–Kier alpha value is -0.900. The van der Waals surface area contributed by atoms with E-state index < -0.39 is 12.2 Å². The molecule has 1 fully saturated rings. The quantitative estimate of drug-likeness (QED) is 0.776. The fraction of sp³-hybridized carbons (Fsp3) is 0.625. The van der Waals surface area contributed by atoms with Crippen LogP contribution in [0.3, 0.4) is 0 Å². The molecule has 1 aromatic rings. The van der Waals surface area contributed by atoms with Crippen molar-refractivity contribution in [2.24, 2.45) is 5.92 Å². The molecule has 3 nitrogen and oxygen atoms in total. The predicted molar refractivity (Wildman–Crippen MR) is 77.2 cm³/mol. The topological polar surface area (TPSA) is 52.5 Å². The van der Waals surface area contributed by atoms with Crippen LogP contribution in [-0.2, 0) is 0 Å². The molecule has 0 amide bonds. The number of aliphatic hydroxyl groups excluding tert-OH is 2. The number of hydrogen-bond acceptors (Lipinski definition) is 3. The third-order valence-electron chi connectivity index (χ3n) is 3.92. The Kier molecular flexibility index (Phi) is 4.61. The molecule has 0 aromatic heterocycles. The minimum atomic E-state index is -0.677. The lowest BCUT2D eigenvalue weighted by Gasteiger charge is -2.25. The molecule has 3 heteroatoms. The lowest BCUT2D eigenvalue weighted by molar-refractivity contribution is 0.0296. The first-order valence-electron chi connectivity index (χ1n) is 7.15. The maximum absolute atomic E-state index is 10.2. The molecule has 0 saturated heterocycles. The van der Waals surface area contributed by atoms with E-state index in [0.717, 1.165) is 6.54 Å². The third-order valence-corrected chi connectivity index (χ3v) is 3.92. The van der Waals surface area contributed by atoms with Crippen LogP contribution < -0.4 is 5.32 Å². The van der Waals surface area contributed by atoms with Crippen molar-refractivity contribution in [1.82, 2.24) is 5.32 Å². The highest BCUT2D eigenvalue weighted by molar-refractivity contribution is 5.29. The maximum atomic E-state index is 10.2. The standard InChI is InChI=1S/C16H25NO2/c1-10(2)9-17-15-13(8-14(18)16(15)19)12-6-4-5-11(3)7-12/h4-7,10,13-19H,8-9H2,1-3H3/t13-,14-,15-,16-/m1/s1. The molecule has 0 bridgehead atoms. The van der Waals surface area contributed by atoms with Crippen molar-refractivity contribution in [3.05, 3.63) is 35.4 Å². The second-order valence-corrected chi connectivity index (χ2v) is 6.14. The van der Waals surface area contributed by atoms with Gasteiger partial charge in [0.15, 0.2) is 0 Å². The molecule has 0 spiro atoms. The van der Waals surface area contributed by atoms with E-state index in [4.69, 9.17) is 0 Å². The number of hydrogen-bond donors (Lipinski definition) is 3. The second-order valence-electron chi connectivity index (χ2n) is 6.14. The van der Waals surface area contributed by atoms with Gasteiger partial charge in [0.2, 0.25) is 0 Å². The zero-order valence-electron chi connectivity index (χ0n) is 12.0. The van der Waals surface area contributed by atoms with E-state index in [1.807, 2.05) is 6.07 Å². The highest BCUT2D eigenvalue weighted by atomic mass is 16.3. The molecule has 1 aromatic carbocycles. The molecule has 106 valence electrons. The van der Waals surface area contributed by atoms with E-state index in [1.54, 1.807) is 0 Å². The monoisotopic (exact) mass is 263 g/mol. The van der Waals surface area contributed by atoms with Gasteiger partial charge in [0, 0.05) is 12.0 Å². The molecule has 3 N–H and O–H groups in total. The predicted octanol–water partition coefficient (Wildman–Crippen LogP) is 1.82. The normalized spacial score (nSPS) is 31.1. The summed E-state index contributed by atoms with van der Waals surface area (Å²) < 4.78 is 0. The largest absolute Gasteiger partial charge is 0.390 e. The number of aryl methyl sites for hydroxylation is 1.